The van der Waals surface area contributed by atoms with Crippen molar-refractivity contribution in [3.63, 3.8) is 0 Å². The first-order valence-corrected chi connectivity index (χ1v) is 9.04. The molecule has 0 radical (unpaired) electrons. The molecule has 1 heterocycles. The zero-order valence-corrected chi connectivity index (χ0v) is 13.5. The van der Waals surface area contributed by atoms with Crippen molar-refractivity contribution in [2.24, 2.45) is 17.8 Å². The maximum atomic E-state index is 5.57. The number of hydrogen-bond donors (Lipinski definition) is 1. The van der Waals surface area contributed by atoms with Gasteiger partial charge in [-0.2, -0.15) is 0 Å². The second-order valence-corrected chi connectivity index (χ2v) is 8.10. The highest BCUT2D eigenvalue weighted by atomic mass is 16.5. The third kappa shape index (κ3) is 2.51. The molecule has 0 amide bonds. The summed E-state index contributed by atoms with van der Waals surface area (Å²) >= 11 is 0. The molecule has 120 valence electrons. The Balaban J connectivity index is 1.29. The van der Waals surface area contributed by atoms with Crippen molar-refractivity contribution in [2.45, 2.75) is 50.6 Å². The highest BCUT2D eigenvalue weighted by Crippen LogP contribution is 2.55. The minimum Gasteiger partial charge on any atom is -0.359 e. The Morgan fingerprint density at radius 1 is 1.00 bits per heavy atom. The van der Waals surface area contributed by atoms with E-state index in [2.05, 4.69) is 28.7 Å². The van der Waals surface area contributed by atoms with Crippen LogP contribution in [-0.4, -0.2) is 10.7 Å². The smallest absolute Gasteiger partial charge is 0.151 e. The van der Waals surface area contributed by atoms with Gasteiger partial charge in [-0.1, -0.05) is 35.5 Å². The molecular formula is C20H24N2O. The molecule has 4 fully saturated rings. The Morgan fingerprint density at radius 3 is 2.30 bits per heavy atom. The van der Waals surface area contributed by atoms with Crippen LogP contribution in [0, 0.1) is 17.8 Å². The molecule has 0 atom stereocenters. The van der Waals surface area contributed by atoms with Crippen LogP contribution < -0.4 is 5.32 Å². The summed E-state index contributed by atoms with van der Waals surface area (Å²) in [6, 6.07) is 12.3. The van der Waals surface area contributed by atoms with Gasteiger partial charge >= 0.3 is 0 Å². The summed E-state index contributed by atoms with van der Waals surface area (Å²) in [5.41, 5.74) is 2.44. The Kier molecular flexibility index (Phi) is 3.12. The Bertz CT molecular complexity index is 655. The summed E-state index contributed by atoms with van der Waals surface area (Å²) in [7, 11) is 0. The van der Waals surface area contributed by atoms with E-state index in [1.807, 2.05) is 18.2 Å². The van der Waals surface area contributed by atoms with Crippen molar-refractivity contribution in [3.05, 3.63) is 42.2 Å². The Hall–Kier alpha value is -1.61. The van der Waals surface area contributed by atoms with E-state index in [9.17, 15) is 0 Å². The molecule has 4 bridgehead atoms. The third-order valence-corrected chi connectivity index (χ3v) is 6.30. The van der Waals surface area contributed by atoms with Crippen LogP contribution in [-0.2, 0) is 6.54 Å². The zero-order chi connectivity index (χ0) is 15.3. The van der Waals surface area contributed by atoms with Gasteiger partial charge in [0.15, 0.2) is 5.76 Å². The Morgan fingerprint density at radius 2 is 1.65 bits per heavy atom. The molecule has 3 heteroatoms. The standard InChI is InChI=1S/C20H24N2O/c1-2-4-17(5-3-1)19-9-18(23-22-19)13-21-20-10-14-6-15(11-20)8-16(7-14)12-20/h1-5,9,14-16,21H,6-8,10-13H2. The lowest BCUT2D eigenvalue weighted by molar-refractivity contribution is -0.0215. The summed E-state index contributed by atoms with van der Waals surface area (Å²) in [5.74, 6) is 3.88. The molecule has 1 aromatic heterocycles. The van der Waals surface area contributed by atoms with Gasteiger partial charge in [-0.05, 0) is 56.3 Å². The SMILES string of the molecule is c1ccc(-c2cc(CNC34CC5CC(CC(C5)C3)C4)on2)cc1. The maximum Gasteiger partial charge on any atom is 0.151 e. The maximum absolute atomic E-state index is 5.57. The largest absolute Gasteiger partial charge is 0.359 e. The van der Waals surface area contributed by atoms with Gasteiger partial charge in [0.05, 0.1) is 6.54 Å². The van der Waals surface area contributed by atoms with E-state index in [-0.39, 0.29) is 0 Å². The van der Waals surface area contributed by atoms with Crippen molar-refractivity contribution in [1.82, 2.24) is 10.5 Å². The predicted octanol–water partition coefficient (Wildman–Crippen LogP) is 4.40. The average Bonchev–Trinajstić information content (AvgIpc) is 3.02. The zero-order valence-electron chi connectivity index (χ0n) is 13.5. The van der Waals surface area contributed by atoms with Crippen molar-refractivity contribution in [3.8, 4) is 11.3 Å². The molecule has 1 N–H and O–H groups in total. The molecule has 0 aliphatic heterocycles. The summed E-state index contributed by atoms with van der Waals surface area (Å²) < 4.78 is 5.57. The van der Waals surface area contributed by atoms with E-state index in [0.29, 0.717) is 5.54 Å². The molecule has 6 rings (SSSR count). The summed E-state index contributed by atoms with van der Waals surface area (Å²) in [6.45, 7) is 0.812. The van der Waals surface area contributed by atoms with Crippen LogP contribution in [0.3, 0.4) is 0 Å². The summed E-state index contributed by atoms with van der Waals surface area (Å²) in [4.78, 5) is 0. The minimum atomic E-state index is 0.383. The number of rotatable bonds is 4. The predicted molar refractivity (Wildman–Crippen MR) is 89.7 cm³/mol. The van der Waals surface area contributed by atoms with E-state index in [1.165, 1.54) is 38.5 Å². The van der Waals surface area contributed by atoms with Crippen molar-refractivity contribution in [1.29, 1.82) is 0 Å². The lowest BCUT2D eigenvalue weighted by Crippen LogP contribution is -2.58. The number of benzene rings is 1. The van der Waals surface area contributed by atoms with Crippen LogP contribution in [0.4, 0.5) is 0 Å². The molecule has 4 aliphatic rings. The van der Waals surface area contributed by atoms with Crippen LogP contribution in [0.2, 0.25) is 0 Å². The lowest BCUT2D eigenvalue weighted by atomic mass is 9.53. The van der Waals surface area contributed by atoms with E-state index >= 15 is 0 Å². The van der Waals surface area contributed by atoms with Crippen LogP contribution >= 0.6 is 0 Å². The molecule has 3 nitrogen and oxygen atoms in total. The molecule has 4 saturated carbocycles. The quantitative estimate of drug-likeness (QED) is 0.909. The monoisotopic (exact) mass is 308 g/mol. The molecule has 0 unspecified atom stereocenters. The van der Waals surface area contributed by atoms with E-state index in [1.54, 1.807) is 0 Å². The van der Waals surface area contributed by atoms with Gasteiger partial charge in [-0.3, -0.25) is 0 Å². The molecular weight excluding hydrogens is 284 g/mol. The van der Waals surface area contributed by atoms with Crippen LogP contribution in [0.1, 0.15) is 44.3 Å². The van der Waals surface area contributed by atoms with Gasteiger partial charge in [-0.15, -0.1) is 0 Å². The number of nitrogens with zero attached hydrogens (tertiary/aromatic N) is 1. The minimum absolute atomic E-state index is 0.383. The molecule has 0 saturated heterocycles. The summed E-state index contributed by atoms with van der Waals surface area (Å²) in [6.07, 6.45) is 8.58. The summed E-state index contributed by atoms with van der Waals surface area (Å²) in [5, 5.41) is 8.11. The molecule has 0 spiro atoms. The van der Waals surface area contributed by atoms with Crippen LogP contribution in [0.15, 0.2) is 40.9 Å². The van der Waals surface area contributed by atoms with Gasteiger partial charge in [0.2, 0.25) is 0 Å². The molecule has 2 aromatic rings. The van der Waals surface area contributed by atoms with Gasteiger partial charge in [-0.25, -0.2) is 0 Å². The molecule has 4 aliphatic carbocycles. The topological polar surface area (TPSA) is 38.1 Å². The second kappa shape index (κ2) is 5.20. The lowest BCUT2D eigenvalue weighted by Gasteiger charge is -2.57. The normalized spacial score (nSPS) is 34.9. The number of aromatic nitrogens is 1. The second-order valence-electron chi connectivity index (χ2n) is 8.10. The molecule has 23 heavy (non-hydrogen) atoms. The van der Waals surface area contributed by atoms with Gasteiger partial charge in [0, 0.05) is 17.2 Å². The van der Waals surface area contributed by atoms with Crippen LogP contribution in [0.25, 0.3) is 11.3 Å². The van der Waals surface area contributed by atoms with Crippen molar-refractivity contribution in [2.75, 3.05) is 0 Å². The van der Waals surface area contributed by atoms with Crippen molar-refractivity contribution < 1.29 is 4.52 Å². The highest BCUT2D eigenvalue weighted by molar-refractivity contribution is 5.58. The average molecular weight is 308 g/mol. The van der Waals surface area contributed by atoms with Gasteiger partial charge in [0.1, 0.15) is 5.69 Å². The first kappa shape index (κ1) is 13.8. The third-order valence-electron chi connectivity index (χ3n) is 6.30. The fraction of sp³-hybridized carbons (Fsp3) is 0.550. The van der Waals surface area contributed by atoms with Crippen molar-refractivity contribution >= 4 is 0 Å². The first-order chi connectivity index (χ1) is 11.3. The number of nitrogens with one attached hydrogen (secondary N) is 1. The number of hydrogen-bond acceptors (Lipinski definition) is 3. The molecule has 1 aromatic carbocycles. The van der Waals surface area contributed by atoms with Crippen LogP contribution in [0.5, 0.6) is 0 Å². The highest BCUT2D eigenvalue weighted by Gasteiger charge is 2.50. The van der Waals surface area contributed by atoms with E-state index in [4.69, 9.17) is 4.52 Å². The fourth-order valence-corrected chi connectivity index (χ4v) is 5.74. The van der Waals surface area contributed by atoms with Gasteiger partial charge in [0.25, 0.3) is 0 Å². The fourth-order valence-electron chi connectivity index (χ4n) is 5.74. The first-order valence-electron chi connectivity index (χ1n) is 9.04. The van der Waals surface area contributed by atoms with E-state index in [0.717, 1.165) is 41.3 Å². The Labute approximate surface area is 137 Å². The van der Waals surface area contributed by atoms with E-state index < -0.39 is 0 Å². The van der Waals surface area contributed by atoms with Gasteiger partial charge < -0.3 is 9.84 Å².